The molecule has 1 atom stereocenters. The monoisotopic (exact) mass is 337 g/mol. The van der Waals surface area contributed by atoms with Crippen molar-refractivity contribution in [1.29, 1.82) is 0 Å². The van der Waals surface area contributed by atoms with Crippen molar-refractivity contribution in [3.8, 4) is 0 Å². The lowest BCUT2D eigenvalue weighted by Crippen LogP contribution is -2.14. The summed E-state index contributed by atoms with van der Waals surface area (Å²) in [6, 6.07) is 12.3. The molecule has 3 heteroatoms. The van der Waals surface area contributed by atoms with Crippen LogP contribution in [0.25, 0.3) is 0 Å². The average molecular weight is 339 g/mol. The van der Waals surface area contributed by atoms with E-state index >= 15 is 0 Å². The second-order valence-corrected chi connectivity index (χ2v) is 6.10. The van der Waals surface area contributed by atoms with E-state index in [1.807, 2.05) is 18.2 Å². The van der Waals surface area contributed by atoms with Crippen LogP contribution < -0.4 is 5.73 Å². The molecule has 2 aromatic carbocycles. The van der Waals surface area contributed by atoms with Crippen molar-refractivity contribution in [3.05, 3.63) is 68.1 Å². The zero-order valence-electron chi connectivity index (χ0n) is 11.1. The molecule has 2 rings (SSSR count). The molecule has 0 aromatic heterocycles. The van der Waals surface area contributed by atoms with Crippen LogP contribution in [0.15, 0.2) is 40.9 Å². The Morgan fingerprint density at radius 1 is 1.16 bits per heavy atom. The highest BCUT2D eigenvalue weighted by atomic mass is 79.9. The van der Waals surface area contributed by atoms with Gasteiger partial charge in [0, 0.05) is 10.5 Å². The lowest BCUT2D eigenvalue weighted by Gasteiger charge is -2.15. The fourth-order valence-corrected chi connectivity index (χ4v) is 2.75. The maximum absolute atomic E-state index is 6.28. The Morgan fingerprint density at radius 3 is 2.58 bits per heavy atom. The van der Waals surface area contributed by atoms with Crippen LogP contribution in [0.5, 0.6) is 0 Å². The summed E-state index contributed by atoms with van der Waals surface area (Å²) in [7, 11) is 0. The van der Waals surface area contributed by atoms with Crippen LogP contribution in [0.1, 0.15) is 28.3 Å². The maximum atomic E-state index is 6.28. The average Bonchev–Trinajstić information content (AvgIpc) is 2.37. The first-order valence-electron chi connectivity index (χ1n) is 6.24. The van der Waals surface area contributed by atoms with Crippen molar-refractivity contribution in [2.75, 3.05) is 0 Å². The Labute approximate surface area is 127 Å². The third-order valence-corrected chi connectivity index (χ3v) is 4.72. The summed E-state index contributed by atoms with van der Waals surface area (Å²) in [6.07, 6.45) is 0.789. The van der Waals surface area contributed by atoms with Gasteiger partial charge < -0.3 is 5.73 Å². The van der Waals surface area contributed by atoms with Gasteiger partial charge in [-0.2, -0.15) is 0 Å². The highest BCUT2D eigenvalue weighted by Gasteiger charge is 2.13. The van der Waals surface area contributed by atoms with Gasteiger partial charge in [0.05, 0.1) is 5.02 Å². The molecule has 0 fully saturated rings. The molecular formula is C16H17BrClN. The Balaban J connectivity index is 2.23. The van der Waals surface area contributed by atoms with Gasteiger partial charge in [-0.05, 0) is 64.5 Å². The van der Waals surface area contributed by atoms with Crippen molar-refractivity contribution in [3.63, 3.8) is 0 Å². The standard InChI is InChI=1S/C16H17BrClN/c1-10-6-7-12(8-11(10)2)9-15(19)13-4-3-5-14(17)16(13)18/h3-8,15H,9,19H2,1-2H3. The van der Waals surface area contributed by atoms with Crippen LogP contribution in [0, 0.1) is 13.8 Å². The van der Waals surface area contributed by atoms with Crippen molar-refractivity contribution < 1.29 is 0 Å². The van der Waals surface area contributed by atoms with E-state index < -0.39 is 0 Å². The predicted octanol–water partition coefficient (Wildman–Crippen LogP) is 4.96. The van der Waals surface area contributed by atoms with Crippen LogP contribution in [-0.4, -0.2) is 0 Å². The van der Waals surface area contributed by atoms with Gasteiger partial charge in [0.2, 0.25) is 0 Å². The topological polar surface area (TPSA) is 26.0 Å². The van der Waals surface area contributed by atoms with Gasteiger partial charge in [-0.1, -0.05) is 41.9 Å². The molecular weight excluding hydrogens is 322 g/mol. The highest BCUT2D eigenvalue weighted by molar-refractivity contribution is 9.10. The molecule has 19 heavy (non-hydrogen) atoms. The lowest BCUT2D eigenvalue weighted by atomic mass is 9.97. The molecule has 2 N–H and O–H groups in total. The molecule has 0 heterocycles. The number of benzene rings is 2. The van der Waals surface area contributed by atoms with E-state index in [9.17, 15) is 0 Å². The first kappa shape index (κ1) is 14.6. The fraction of sp³-hybridized carbons (Fsp3) is 0.250. The SMILES string of the molecule is Cc1ccc(CC(N)c2cccc(Br)c2Cl)cc1C. The number of hydrogen-bond donors (Lipinski definition) is 1. The fourth-order valence-electron chi connectivity index (χ4n) is 2.10. The molecule has 1 nitrogen and oxygen atoms in total. The quantitative estimate of drug-likeness (QED) is 0.841. The highest BCUT2D eigenvalue weighted by Crippen LogP contribution is 2.30. The summed E-state index contributed by atoms with van der Waals surface area (Å²) < 4.78 is 0.891. The number of aryl methyl sites for hydroxylation is 2. The minimum Gasteiger partial charge on any atom is -0.324 e. The van der Waals surface area contributed by atoms with E-state index in [0.29, 0.717) is 5.02 Å². The third kappa shape index (κ3) is 3.38. The van der Waals surface area contributed by atoms with Gasteiger partial charge in [0.15, 0.2) is 0 Å². The van der Waals surface area contributed by atoms with E-state index in [2.05, 4.69) is 48.0 Å². The van der Waals surface area contributed by atoms with Crippen LogP contribution in [-0.2, 0) is 6.42 Å². The van der Waals surface area contributed by atoms with Gasteiger partial charge in [0.1, 0.15) is 0 Å². The van der Waals surface area contributed by atoms with Gasteiger partial charge in [-0.3, -0.25) is 0 Å². The van der Waals surface area contributed by atoms with Gasteiger partial charge in [-0.25, -0.2) is 0 Å². The molecule has 0 aliphatic rings. The molecule has 0 bridgehead atoms. The summed E-state index contributed by atoms with van der Waals surface area (Å²) >= 11 is 9.72. The Morgan fingerprint density at radius 2 is 1.89 bits per heavy atom. The van der Waals surface area contributed by atoms with E-state index in [1.54, 1.807) is 0 Å². The maximum Gasteiger partial charge on any atom is 0.0595 e. The molecule has 2 aromatic rings. The number of hydrogen-bond acceptors (Lipinski definition) is 1. The summed E-state index contributed by atoms with van der Waals surface area (Å²) in [5, 5.41) is 0.707. The first-order chi connectivity index (χ1) is 8.99. The molecule has 0 spiro atoms. The summed E-state index contributed by atoms with van der Waals surface area (Å²) in [6.45, 7) is 4.24. The van der Waals surface area contributed by atoms with Crippen LogP contribution >= 0.6 is 27.5 Å². The largest absolute Gasteiger partial charge is 0.324 e. The number of rotatable bonds is 3. The van der Waals surface area contributed by atoms with Crippen LogP contribution in [0.3, 0.4) is 0 Å². The number of nitrogens with two attached hydrogens (primary N) is 1. The summed E-state index contributed by atoms with van der Waals surface area (Å²) in [5.41, 5.74) is 11.1. The third-order valence-electron chi connectivity index (χ3n) is 3.41. The Bertz CT molecular complexity index is 595. The minimum atomic E-state index is -0.0906. The van der Waals surface area contributed by atoms with Gasteiger partial charge >= 0.3 is 0 Å². The molecule has 0 amide bonds. The molecule has 0 radical (unpaired) electrons. The van der Waals surface area contributed by atoms with E-state index in [1.165, 1.54) is 16.7 Å². The van der Waals surface area contributed by atoms with Crippen molar-refractivity contribution in [2.24, 2.45) is 5.73 Å². The molecule has 0 saturated carbocycles. The van der Waals surface area contributed by atoms with Crippen LogP contribution in [0.4, 0.5) is 0 Å². The molecule has 1 unspecified atom stereocenters. The zero-order chi connectivity index (χ0) is 14.0. The lowest BCUT2D eigenvalue weighted by molar-refractivity contribution is 0.721. The van der Waals surface area contributed by atoms with Gasteiger partial charge in [-0.15, -0.1) is 0 Å². The number of halogens is 2. The van der Waals surface area contributed by atoms with Crippen molar-refractivity contribution in [2.45, 2.75) is 26.3 Å². The van der Waals surface area contributed by atoms with E-state index in [0.717, 1.165) is 16.5 Å². The molecule has 0 aliphatic carbocycles. The van der Waals surface area contributed by atoms with E-state index in [4.69, 9.17) is 17.3 Å². The Kier molecular flexibility index (Phi) is 4.67. The van der Waals surface area contributed by atoms with Crippen LogP contribution in [0.2, 0.25) is 5.02 Å². The van der Waals surface area contributed by atoms with Crippen molar-refractivity contribution >= 4 is 27.5 Å². The Hall–Kier alpha value is -0.830. The summed E-state index contributed by atoms with van der Waals surface area (Å²) in [5.74, 6) is 0. The first-order valence-corrected chi connectivity index (χ1v) is 7.41. The van der Waals surface area contributed by atoms with Gasteiger partial charge in [0.25, 0.3) is 0 Å². The van der Waals surface area contributed by atoms with Crippen molar-refractivity contribution in [1.82, 2.24) is 0 Å². The summed E-state index contributed by atoms with van der Waals surface area (Å²) in [4.78, 5) is 0. The predicted molar refractivity (Wildman–Crippen MR) is 85.7 cm³/mol. The second kappa shape index (κ2) is 6.08. The molecule has 0 aliphatic heterocycles. The minimum absolute atomic E-state index is 0.0906. The smallest absolute Gasteiger partial charge is 0.0595 e. The van der Waals surface area contributed by atoms with E-state index in [-0.39, 0.29) is 6.04 Å². The molecule has 100 valence electrons. The second-order valence-electron chi connectivity index (χ2n) is 4.87. The molecule has 0 saturated heterocycles. The normalized spacial score (nSPS) is 12.5. The zero-order valence-corrected chi connectivity index (χ0v) is 13.4.